The highest BCUT2D eigenvalue weighted by Gasteiger charge is 2.26. The monoisotopic (exact) mass is 539 g/mol. The second-order valence-electron chi connectivity index (χ2n) is 9.76. The third kappa shape index (κ3) is 4.96. The maximum absolute atomic E-state index is 14.8. The maximum Gasteiger partial charge on any atom is 0.246 e. The number of rotatable bonds is 5. The Labute approximate surface area is 232 Å². The summed E-state index contributed by atoms with van der Waals surface area (Å²) in [4.78, 5) is 25.6. The molecule has 0 unspecified atom stereocenters. The first kappa shape index (κ1) is 26.3. The lowest BCUT2D eigenvalue weighted by Gasteiger charge is -2.35. The third-order valence-corrected chi connectivity index (χ3v) is 7.36. The van der Waals surface area contributed by atoms with Crippen molar-refractivity contribution in [3.8, 4) is 28.5 Å². The number of hydrogen-bond donors (Lipinski definition) is 0. The normalized spacial score (nSPS) is 13.5. The molecule has 39 heavy (non-hydrogen) atoms. The number of aromatic nitrogens is 2. The minimum absolute atomic E-state index is 0.121. The van der Waals surface area contributed by atoms with Crippen LogP contribution < -0.4 is 4.90 Å². The zero-order valence-electron chi connectivity index (χ0n) is 21.8. The average Bonchev–Trinajstić information content (AvgIpc) is 2.96. The summed E-state index contributed by atoms with van der Waals surface area (Å²) in [5.74, 6) is 0.351. The Balaban J connectivity index is 1.74. The summed E-state index contributed by atoms with van der Waals surface area (Å²) in [6.45, 7) is 9.82. The highest BCUT2D eigenvalue weighted by atomic mass is 35.5. The standard InChI is InChI=1S/C31H27ClFN5O/c1-4-27(39)37-13-15-38(16-14-37)31-23-17-24(32)29(22-7-5-6-8-25(22)33)36-30(23)28(26(18-34)35-31)21-11-9-20(10-12-21)19(2)3/h4-12,17,19H,1,13-16H2,2-3H3. The molecule has 0 saturated carbocycles. The molecule has 5 rings (SSSR count). The van der Waals surface area contributed by atoms with Gasteiger partial charge in [0.15, 0.2) is 5.69 Å². The van der Waals surface area contributed by atoms with Gasteiger partial charge in [-0.2, -0.15) is 5.26 Å². The molecule has 1 aliphatic rings. The van der Waals surface area contributed by atoms with E-state index in [1.807, 2.05) is 29.2 Å². The first-order valence-corrected chi connectivity index (χ1v) is 13.2. The molecule has 0 bridgehead atoms. The number of hydrogen-bond acceptors (Lipinski definition) is 5. The molecule has 8 heteroatoms. The van der Waals surface area contributed by atoms with Crippen molar-refractivity contribution in [3.63, 3.8) is 0 Å². The lowest BCUT2D eigenvalue weighted by molar-refractivity contribution is -0.126. The molecule has 2 aromatic carbocycles. The van der Waals surface area contributed by atoms with Crippen molar-refractivity contribution in [1.29, 1.82) is 5.26 Å². The Morgan fingerprint density at radius 1 is 1.10 bits per heavy atom. The first-order chi connectivity index (χ1) is 18.8. The molecule has 196 valence electrons. The maximum atomic E-state index is 14.8. The molecule has 1 amide bonds. The van der Waals surface area contributed by atoms with Crippen LogP contribution in [0.5, 0.6) is 0 Å². The van der Waals surface area contributed by atoms with Crippen LogP contribution >= 0.6 is 11.6 Å². The number of nitriles is 1. The molecule has 0 radical (unpaired) electrons. The predicted octanol–water partition coefficient (Wildman–Crippen LogP) is 6.59. The molecule has 1 fully saturated rings. The van der Waals surface area contributed by atoms with Gasteiger partial charge in [0.25, 0.3) is 0 Å². The van der Waals surface area contributed by atoms with Gasteiger partial charge in [-0.05, 0) is 41.3 Å². The van der Waals surface area contributed by atoms with Gasteiger partial charge in [-0.3, -0.25) is 4.79 Å². The van der Waals surface area contributed by atoms with Crippen LogP contribution in [0.25, 0.3) is 33.3 Å². The zero-order chi connectivity index (χ0) is 27.7. The van der Waals surface area contributed by atoms with E-state index in [9.17, 15) is 14.4 Å². The number of amides is 1. The van der Waals surface area contributed by atoms with E-state index >= 15 is 0 Å². The summed E-state index contributed by atoms with van der Waals surface area (Å²) >= 11 is 6.73. The number of pyridine rings is 2. The van der Waals surface area contributed by atoms with Crippen LogP contribution in [0.2, 0.25) is 5.02 Å². The average molecular weight is 540 g/mol. The molecule has 6 nitrogen and oxygen atoms in total. The fraction of sp³-hybridized carbons (Fsp3) is 0.226. The molecule has 0 N–H and O–H groups in total. The molecule has 3 heterocycles. The highest BCUT2D eigenvalue weighted by molar-refractivity contribution is 6.34. The molecule has 4 aromatic rings. The smallest absolute Gasteiger partial charge is 0.246 e. The molecule has 0 aliphatic carbocycles. The topological polar surface area (TPSA) is 73.1 Å². The van der Waals surface area contributed by atoms with Gasteiger partial charge in [0.05, 0.1) is 16.2 Å². The zero-order valence-corrected chi connectivity index (χ0v) is 22.5. The number of nitrogens with zero attached hydrogens (tertiary/aromatic N) is 5. The van der Waals surface area contributed by atoms with Crippen molar-refractivity contribution in [2.75, 3.05) is 31.1 Å². The molecule has 2 aromatic heterocycles. The molecule has 1 saturated heterocycles. The SMILES string of the molecule is C=CC(=O)N1CCN(c2nc(C#N)c(-c3ccc(C(C)C)cc3)c3nc(-c4ccccc4F)c(Cl)cc23)CC1. The van der Waals surface area contributed by atoms with E-state index in [1.165, 1.54) is 17.7 Å². The number of fused-ring (bicyclic) bond motifs is 1. The fourth-order valence-electron chi connectivity index (χ4n) is 4.92. The van der Waals surface area contributed by atoms with Crippen molar-refractivity contribution in [1.82, 2.24) is 14.9 Å². The van der Waals surface area contributed by atoms with Crippen molar-refractivity contribution < 1.29 is 9.18 Å². The van der Waals surface area contributed by atoms with Crippen LogP contribution in [0.4, 0.5) is 10.2 Å². The summed E-state index contributed by atoms with van der Waals surface area (Å²) in [6, 6.07) is 18.4. The summed E-state index contributed by atoms with van der Waals surface area (Å²) < 4.78 is 14.8. The van der Waals surface area contributed by atoms with E-state index < -0.39 is 5.82 Å². The summed E-state index contributed by atoms with van der Waals surface area (Å²) in [6.07, 6.45) is 1.31. The Bertz CT molecular complexity index is 1620. The van der Waals surface area contributed by atoms with Crippen LogP contribution in [0.1, 0.15) is 31.0 Å². The van der Waals surface area contributed by atoms with Crippen molar-refractivity contribution in [2.45, 2.75) is 19.8 Å². The lowest BCUT2D eigenvalue weighted by Crippen LogP contribution is -2.48. The largest absolute Gasteiger partial charge is 0.352 e. The van der Waals surface area contributed by atoms with Crippen molar-refractivity contribution in [3.05, 3.63) is 89.3 Å². The van der Waals surface area contributed by atoms with Crippen LogP contribution in [-0.2, 0) is 4.79 Å². The summed E-state index contributed by atoms with van der Waals surface area (Å²) in [5.41, 5.74) is 3.83. The van der Waals surface area contributed by atoms with Crippen molar-refractivity contribution in [2.24, 2.45) is 0 Å². The fourth-order valence-corrected chi connectivity index (χ4v) is 5.18. The number of carbonyl (C=O) groups excluding carboxylic acids is 1. The van der Waals surface area contributed by atoms with Gasteiger partial charge in [0.1, 0.15) is 17.7 Å². The molecular formula is C31H27ClFN5O. The minimum Gasteiger partial charge on any atom is -0.352 e. The molecule has 1 aliphatic heterocycles. The lowest BCUT2D eigenvalue weighted by atomic mass is 9.96. The van der Waals surface area contributed by atoms with E-state index in [4.69, 9.17) is 21.6 Å². The predicted molar refractivity (Wildman–Crippen MR) is 153 cm³/mol. The number of benzene rings is 2. The van der Waals surface area contributed by atoms with E-state index in [2.05, 4.69) is 26.5 Å². The number of carbonyl (C=O) groups is 1. The summed E-state index contributed by atoms with van der Waals surface area (Å²) in [7, 11) is 0. The van der Waals surface area contributed by atoms with Crippen LogP contribution in [0.3, 0.4) is 0 Å². The Kier molecular flexibility index (Phi) is 7.32. The second-order valence-corrected chi connectivity index (χ2v) is 10.2. The number of anilines is 1. The first-order valence-electron chi connectivity index (χ1n) is 12.8. The molecule has 0 spiro atoms. The van der Waals surface area contributed by atoms with Gasteiger partial charge < -0.3 is 9.80 Å². The van der Waals surface area contributed by atoms with Gasteiger partial charge in [-0.25, -0.2) is 14.4 Å². The Hall–Kier alpha value is -4.28. The van der Waals surface area contributed by atoms with E-state index in [1.54, 1.807) is 29.2 Å². The quantitative estimate of drug-likeness (QED) is 0.268. The minimum atomic E-state index is -0.438. The van der Waals surface area contributed by atoms with Crippen LogP contribution in [0.15, 0.2) is 67.3 Å². The Morgan fingerprint density at radius 2 is 1.79 bits per heavy atom. The second kappa shape index (κ2) is 10.8. The number of halogens is 2. The third-order valence-electron chi connectivity index (χ3n) is 7.07. The van der Waals surface area contributed by atoms with Gasteiger partial charge in [0.2, 0.25) is 5.91 Å². The van der Waals surface area contributed by atoms with Gasteiger partial charge in [0, 0.05) is 42.7 Å². The number of piperazine rings is 1. The van der Waals surface area contributed by atoms with Crippen LogP contribution in [0, 0.1) is 17.1 Å². The van der Waals surface area contributed by atoms with Gasteiger partial charge in [-0.1, -0.05) is 68.4 Å². The van der Waals surface area contributed by atoms with Crippen molar-refractivity contribution >= 4 is 34.2 Å². The van der Waals surface area contributed by atoms with Crippen LogP contribution in [-0.4, -0.2) is 47.0 Å². The van der Waals surface area contributed by atoms with E-state index in [-0.39, 0.29) is 22.2 Å². The highest BCUT2D eigenvalue weighted by Crippen LogP contribution is 2.40. The van der Waals surface area contributed by atoms with E-state index in [0.29, 0.717) is 60.1 Å². The summed E-state index contributed by atoms with van der Waals surface area (Å²) in [5, 5.41) is 11.2. The molecular weight excluding hydrogens is 513 g/mol. The van der Waals surface area contributed by atoms with Gasteiger partial charge >= 0.3 is 0 Å². The van der Waals surface area contributed by atoms with Gasteiger partial charge in [-0.15, -0.1) is 0 Å². The molecule has 0 atom stereocenters. The van der Waals surface area contributed by atoms with E-state index in [0.717, 1.165) is 5.56 Å². The Morgan fingerprint density at radius 3 is 2.41 bits per heavy atom.